The van der Waals surface area contributed by atoms with Crippen LogP contribution in [0.15, 0.2) is 36.4 Å². The van der Waals surface area contributed by atoms with E-state index < -0.39 is 12.0 Å². The highest BCUT2D eigenvalue weighted by Crippen LogP contribution is 2.28. The Balaban J connectivity index is 1.96. The van der Waals surface area contributed by atoms with E-state index in [0.717, 1.165) is 11.1 Å². The van der Waals surface area contributed by atoms with Crippen molar-refractivity contribution >= 4 is 34.8 Å². The third kappa shape index (κ3) is 2.66. The Hall–Kier alpha value is -1.85. The monoisotopic (exact) mass is 321 g/mol. The number of hydrogen-bond acceptors (Lipinski definition) is 3. The quantitative estimate of drug-likeness (QED) is 0.925. The van der Waals surface area contributed by atoms with Gasteiger partial charge in [-0.25, -0.2) is 4.79 Å². The molecule has 0 aliphatic carbocycles. The van der Waals surface area contributed by atoms with E-state index in [1.54, 1.807) is 12.1 Å². The lowest BCUT2D eigenvalue weighted by molar-refractivity contribution is -0.142. The molecule has 21 heavy (non-hydrogen) atoms. The van der Waals surface area contributed by atoms with Crippen molar-refractivity contribution in [3.05, 3.63) is 56.7 Å². The zero-order valence-corrected chi connectivity index (χ0v) is 12.5. The van der Waals surface area contributed by atoms with Gasteiger partial charge in [0.15, 0.2) is 0 Å². The van der Waals surface area contributed by atoms with E-state index in [0.29, 0.717) is 22.2 Å². The molecule has 1 aromatic heterocycles. The molecule has 6 heteroatoms. The molecule has 0 unspecified atom stereocenters. The van der Waals surface area contributed by atoms with Crippen molar-refractivity contribution in [2.75, 3.05) is 0 Å². The molecule has 1 amide bonds. The first-order valence-corrected chi connectivity index (χ1v) is 7.61. The van der Waals surface area contributed by atoms with Gasteiger partial charge in [-0.3, -0.25) is 4.79 Å². The fraction of sp³-hybridized carbons (Fsp3) is 0.200. The fourth-order valence-corrected chi connectivity index (χ4v) is 3.53. The summed E-state index contributed by atoms with van der Waals surface area (Å²) in [7, 11) is 0. The Morgan fingerprint density at radius 3 is 2.52 bits per heavy atom. The first kappa shape index (κ1) is 14.1. The van der Waals surface area contributed by atoms with E-state index in [1.165, 1.54) is 16.2 Å². The Morgan fingerprint density at radius 1 is 1.19 bits per heavy atom. The molecule has 0 saturated carbocycles. The summed E-state index contributed by atoms with van der Waals surface area (Å²) in [5.41, 5.74) is 1.98. The summed E-state index contributed by atoms with van der Waals surface area (Å²) in [6, 6.07) is 10.1. The molecule has 0 bridgehead atoms. The van der Waals surface area contributed by atoms with Gasteiger partial charge < -0.3 is 10.0 Å². The van der Waals surface area contributed by atoms with Crippen molar-refractivity contribution in [1.29, 1.82) is 0 Å². The number of nitrogens with zero attached hydrogens (tertiary/aromatic N) is 1. The highest BCUT2D eigenvalue weighted by Gasteiger charge is 2.35. The predicted octanol–water partition coefficient (Wildman–Crippen LogP) is 3.05. The molecule has 0 fully saturated rings. The van der Waals surface area contributed by atoms with Gasteiger partial charge in [0.25, 0.3) is 5.91 Å². The number of carboxylic acid groups (broad SMARTS) is 1. The van der Waals surface area contributed by atoms with Gasteiger partial charge in [0, 0.05) is 13.0 Å². The number of hydrogen-bond donors (Lipinski definition) is 1. The first-order chi connectivity index (χ1) is 10.1. The summed E-state index contributed by atoms with van der Waals surface area (Å²) in [5, 5.41) is 9.42. The molecule has 108 valence electrons. The van der Waals surface area contributed by atoms with E-state index in [2.05, 4.69) is 0 Å². The molecule has 1 aliphatic heterocycles. The molecule has 2 aromatic rings. The Kier molecular flexibility index (Phi) is 3.69. The van der Waals surface area contributed by atoms with Crippen molar-refractivity contribution in [1.82, 2.24) is 4.90 Å². The van der Waals surface area contributed by atoms with Crippen LogP contribution in [0.4, 0.5) is 0 Å². The van der Waals surface area contributed by atoms with E-state index >= 15 is 0 Å². The average Bonchev–Trinajstić information content (AvgIpc) is 2.91. The van der Waals surface area contributed by atoms with Crippen LogP contribution in [0.5, 0.6) is 0 Å². The topological polar surface area (TPSA) is 57.6 Å². The van der Waals surface area contributed by atoms with Crippen LogP contribution in [0, 0.1) is 0 Å². The second-order valence-corrected chi connectivity index (χ2v) is 6.58. The van der Waals surface area contributed by atoms with Crippen LogP contribution in [0.2, 0.25) is 4.34 Å². The second kappa shape index (κ2) is 5.50. The van der Waals surface area contributed by atoms with Gasteiger partial charge in [-0.15, -0.1) is 11.3 Å². The number of fused-ring (bicyclic) bond motifs is 1. The van der Waals surface area contributed by atoms with Crippen molar-refractivity contribution in [3.63, 3.8) is 0 Å². The van der Waals surface area contributed by atoms with Gasteiger partial charge in [0.2, 0.25) is 0 Å². The minimum atomic E-state index is -0.986. The number of aliphatic carboxylic acids is 1. The van der Waals surface area contributed by atoms with Crippen molar-refractivity contribution < 1.29 is 14.7 Å². The molecule has 0 spiro atoms. The van der Waals surface area contributed by atoms with Crippen LogP contribution in [0.3, 0.4) is 0 Å². The van der Waals surface area contributed by atoms with Crippen LogP contribution < -0.4 is 0 Å². The maximum Gasteiger partial charge on any atom is 0.326 e. The number of carbonyl (C=O) groups is 2. The molecule has 4 nitrogen and oxygen atoms in total. The number of carbonyl (C=O) groups excluding carboxylic acids is 1. The highest BCUT2D eigenvalue weighted by molar-refractivity contribution is 7.17. The predicted molar refractivity (Wildman–Crippen MR) is 80.8 cm³/mol. The maximum atomic E-state index is 12.6. The summed E-state index contributed by atoms with van der Waals surface area (Å²) in [4.78, 5) is 25.9. The molecule has 0 saturated heterocycles. The number of carboxylic acids is 1. The molecule has 1 atom stereocenters. The van der Waals surface area contributed by atoms with Gasteiger partial charge in [-0.1, -0.05) is 35.9 Å². The van der Waals surface area contributed by atoms with Crippen LogP contribution in [-0.4, -0.2) is 27.9 Å². The molecule has 3 rings (SSSR count). The van der Waals surface area contributed by atoms with E-state index in [-0.39, 0.29) is 5.91 Å². The van der Waals surface area contributed by atoms with Crippen LogP contribution in [0.1, 0.15) is 20.8 Å². The minimum Gasteiger partial charge on any atom is -0.480 e. The summed E-state index contributed by atoms with van der Waals surface area (Å²) in [5.74, 6) is -1.27. The van der Waals surface area contributed by atoms with Crippen LogP contribution in [-0.2, 0) is 17.8 Å². The molecular formula is C15H12ClNO3S. The fourth-order valence-electron chi connectivity index (χ4n) is 2.53. The normalized spacial score (nSPS) is 17.4. The second-order valence-electron chi connectivity index (χ2n) is 4.86. The van der Waals surface area contributed by atoms with E-state index in [1.807, 2.05) is 24.3 Å². The van der Waals surface area contributed by atoms with E-state index in [9.17, 15) is 14.7 Å². The molecule has 2 heterocycles. The minimum absolute atomic E-state index is 0.284. The number of halogens is 1. The van der Waals surface area contributed by atoms with E-state index in [4.69, 9.17) is 11.6 Å². The lowest BCUT2D eigenvalue weighted by Gasteiger charge is -2.34. The van der Waals surface area contributed by atoms with Gasteiger partial charge in [-0.2, -0.15) is 0 Å². The summed E-state index contributed by atoms with van der Waals surface area (Å²) < 4.78 is 0.516. The number of thiophene rings is 1. The van der Waals surface area contributed by atoms with Gasteiger partial charge in [0.05, 0.1) is 9.21 Å². The summed E-state index contributed by atoms with van der Waals surface area (Å²) in [6.07, 6.45) is 0.330. The Morgan fingerprint density at radius 2 is 1.90 bits per heavy atom. The first-order valence-electron chi connectivity index (χ1n) is 6.42. The zero-order chi connectivity index (χ0) is 15.0. The number of benzene rings is 1. The molecule has 1 aromatic carbocycles. The van der Waals surface area contributed by atoms with Crippen molar-refractivity contribution in [2.45, 2.75) is 19.0 Å². The smallest absolute Gasteiger partial charge is 0.326 e. The molecular weight excluding hydrogens is 310 g/mol. The average molecular weight is 322 g/mol. The summed E-state index contributed by atoms with van der Waals surface area (Å²) in [6.45, 7) is 0.307. The third-order valence-corrected chi connectivity index (χ3v) is 4.80. The lowest BCUT2D eigenvalue weighted by Crippen LogP contribution is -2.48. The number of rotatable bonds is 2. The Bertz CT molecular complexity index is 712. The van der Waals surface area contributed by atoms with Gasteiger partial charge in [-0.05, 0) is 23.3 Å². The maximum absolute atomic E-state index is 12.6. The van der Waals surface area contributed by atoms with Crippen LogP contribution in [0.25, 0.3) is 0 Å². The SMILES string of the molecule is O=C(O)[C@@H]1Cc2ccccc2CN1C(=O)c1ccc(Cl)s1. The molecule has 1 aliphatic rings. The third-order valence-electron chi connectivity index (χ3n) is 3.58. The van der Waals surface area contributed by atoms with Gasteiger partial charge >= 0.3 is 5.97 Å². The summed E-state index contributed by atoms with van der Waals surface area (Å²) >= 11 is 7.02. The largest absolute Gasteiger partial charge is 0.480 e. The van der Waals surface area contributed by atoms with Gasteiger partial charge in [0.1, 0.15) is 6.04 Å². The molecule has 1 N–H and O–H groups in total. The van der Waals surface area contributed by atoms with Crippen molar-refractivity contribution in [3.8, 4) is 0 Å². The highest BCUT2D eigenvalue weighted by atomic mass is 35.5. The standard InChI is InChI=1S/C15H12ClNO3S/c16-13-6-5-12(21-13)14(18)17-8-10-4-2-1-3-9(10)7-11(17)15(19)20/h1-6,11H,7-8H2,(H,19,20)/t11-/m0/s1. The number of amides is 1. The zero-order valence-electron chi connectivity index (χ0n) is 11.0. The molecule has 0 radical (unpaired) electrons. The van der Waals surface area contributed by atoms with Crippen LogP contribution >= 0.6 is 22.9 Å². The Labute approximate surface area is 130 Å². The van der Waals surface area contributed by atoms with Crippen molar-refractivity contribution in [2.24, 2.45) is 0 Å². The lowest BCUT2D eigenvalue weighted by atomic mass is 9.94.